The highest BCUT2D eigenvalue weighted by molar-refractivity contribution is 5.89. The average Bonchev–Trinajstić information content (AvgIpc) is 2.44. The summed E-state index contributed by atoms with van der Waals surface area (Å²) in [7, 11) is 0. The summed E-state index contributed by atoms with van der Waals surface area (Å²) in [6.45, 7) is 10.3. The zero-order valence-electron chi connectivity index (χ0n) is 10.9. The molecule has 3 heteroatoms. The highest BCUT2D eigenvalue weighted by atomic mass is 16.5. The molecule has 1 unspecified atom stereocenters. The Kier molecular flexibility index (Phi) is 3.46. The van der Waals surface area contributed by atoms with Crippen LogP contribution in [0.25, 0.3) is 0 Å². The second-order valence-corrected chi connectivity index (χ2v) is 6.01. The van der Waals surface area contributed by atoms with Crippen LogP contribution < -0.4 is 0 Å². The van der Waals surface area contributed by atoms with Crippen LogP contribution in [0.15, 0.2) is 0 Å². The minimum atomic E-state index is -0.334. The van der Waals surface area contributed by atoms with E-state index in [2.05, 4.69) is 0 Å². The first-order chi connectivity index (χ1) is 7.20. The molecule has 1 aliphatic rings. The van der Waals surface area contributed by atoms with Crippen LogP contribution in [0.5, 0.6) is 0 Å². The van der Waals surface area contributed by atoms with Crippen LogP contribution in [-0.4, -0.2) is 18.4 Å². The molecule has 3 nitrogen and oxygen atoms in total. The summed E-state index contributed by atoms with van der Waals surface area (Å²) in [4.78, 5) is 23.6. The quantitative estimate of drug-likeness (QED) is 0.692. The Morgan fingerprint density at radius 3 is 2.44 bits per heavy atom. The zero-order chi connectivity index (χ0) is 12.6. The predicted molar refractivity (Wildman–Crippen MR) is 61.9 cm³/mol. The van der Waals surface area contributed by atoms with Crippen molar-refractivity contribution >= 4 is 11.8 Å². The van der Waals surface area contributed by atoms with Gasteiger partial charge in [0.2, 0.25) is 0 Å². The Morgan fingerprint density at radius 2 is 2.06 bits per heavy atom. The molecule has 1 aliphatic heterocycles. The fourth-order valence-electron chi connectivity index (χ4n) is 1.80. The number of ketones is 1. The van der Waals surface area contributed by atoms with E-state index in [-0.39, 0.29) is 28.5 Å². The minimum absolute atomic E-state index is 0.159. The molecular formula is C13H22O3. The maximum Gasteiger partial charge on any atom is 0.310 e. The molecule has 0 aromatic heterocycles. The molecule has 0 saturated carbocycles. The summed E-state index contributed by atoms with van der Waals surface area (Å²) < 4.78 is 5.04. The van der Waals surface area contributed by atoms with Gasteiger partial charge < -0.3 is 4.74 Å². The summed E-state index contributed by atoms with van der Waals surface area (Å²) in [5.74, 6) is -0.331. The number of carbonyl (C=O) groups is 2. The van der Waals surface area contributed by atoms with Crippen molar-refractivity contribution in [3.05, 3.63) is 0 Å². The fourth-order valence-corrected chi connectivity index (χ4v) is 1.80. The number of Topliss-reactive ketones (excluding diaryl/α,β-unsaturated/α-hetero) is 1. The van der Waals surface area contributed by atoms with Crippen molar-refractivity contribution in [3.8, 4) is 0 Å². The van der Waals surface area contributed by atoms with E-state index >= 15 is 0 Å². The highest BCUT2D eigenvalue weighted by Gasteiger charge is 2.45. The Hall–Kier alpha value is -0.860. The van der Waals surface area contributed by atoms with E-state index in [9.17, 15) is 9.59 Å². The lowest BCUT2D eigenvalue weighted by molar-refractivity contribution is -0.144. The molecule has 0 aromatic carbocycles. The molecule has 0 N–H and O–H groups in total. The van der Waals surface area contributed by atoms with Gasteiger partial charge in [0.25, 0.3) is 0 Å². The fraction of sp³-hybridized carbons (Fsp3) is 0.846. The van der Waals surface area contributed by atoms with E-state index in [1.807, 2.05) is 34.6 Å². The molecule has 0 amide bonds. The third kappa shape index (κ3) is 2.45. The molecule has 0 spiro atoms. The van der Waals surface area contributed by atoms with E-state index in [0.29, 0.717) is 13.0 Å². The molecule has 0 radical (unpaired) electrons. The molecule has 1 fully saturated rings. The first-order valence-corrected chi connectivity index (χ1v) is 5.90. The molecule has 92 valence electrons. The first kappa shape index (κ1) is 13.2. The molecule has 1 saturated heterocycles. The summed E-state index contributed by atoms with van der Waals surface area (Å²) in [6.07, 6.45) is 1.11. The number of cyclic esters (lactones) is 1. The maximum absolute atomic E-state index is 12.1. The lowest BCUT2D eigenvalue weighted by Crippen LogP contribution is -2.32. The van der Waals surface area contributed by atoms with Gasteiger partial charge in [0, 0.05) is 17.3 Å². The molecular weight excluding hydrogens is 204 g/mol. The van der Waals surface area contributed by atoms with Gasteiger partial charge in [-0.05, 0) is 6.42 Å². The van der Waals surface area contributed by atoms with E-state index in [4.69, 9.17) is 4.74 Å². The molecule has 1 rings (SSSR count). The molecule has 16 heavy (non-hydrogen) atoms. The van der Waals surface area contributed by atoms with E-state index in [1.165, 1.54) is 0 Å². The number of rotatable bonds is 4. The number of carbonyl (C=O) groups excluding carboxylic acids is 2. The van der Waals surface area contributed by atoms with E-state index in [0.717, 1.165) is 6.42 Å². The smallest absolute Gasteiger partial charge is 0.310 e. The summed E-state index contributed by atoms with van der Waals surface area (Å²) >= 11 is 0. The lowest BCUT2D eigenvalue weighted by Gasteiger charge is -2.26. The summed E-state index contributed by atoms with van der Waals surface area (Å²) in [5.41, 5.74) is -0.546. The Morgan fingerprint density at radius 1 is 1.50 bits per heavy atom. The lowest BCUT2D eigenvalue weighted by atomic mass is 9.74. The van der Waals surface area contributed by atoms with Crippen molar-refractivity contribution < 1.29 is 14.3 Å². The Balaban J connectivity index is 2.74. The van der Waals surface area contributed by atoms with Gasteiger partial charge in [-0.25, -0.2) is 0 Å². The standard InChI is InChI=1S/C13H22O3/c1-6-12(2,3)10(14)7-9-11(15)16-8-13(9,4)5/h9H,6-8H2,1-5H3. The monoisotopic (exact) mass is 226 g/mol. The Labute approximate surface area is 97.5 Å². The predicted octanol–water partition coefficient (Wildman–Crippen LogP) is 2.58. The minimum Gasteiger partial charge on any atom is -0.465 e. The van der Waals surface area contributed by atoms with Crippen LogP contribution in [0.2, 0.25) is 0 Å². The third-order valence-electron chi connectivity index (χ3n) is 3.84. The van der Waals surface area contributed by atoms with Crippen LogP contribution in [0.3, 0.4) is 0 Å². The van der Waals surface area contributed by atoms with Crippen molar-refractivity contribution in [2.75, 3.05) is 6.61 Å². The van der Waals surface area contributed by atoms with E-state index < -0.39 is 0 Å². The maximum atomic E-state index is 12.1. The Bertz CT molecular complexity index is 302. The highest BCUT2D eigenvalue weighted by Crippen LogP contribution is 2.38. The van der Waals surface area contributed by atoms with Gasteiger partial charge in [0.05, 0.1) is 12.5 Å². The zero-order valence-corrected chi connectivity index (χ0v) is 10.9. The van der Waals surface area contributed by atoms with Gasteiger partial charge in [-0.2, -0.15) is 0 Å². The van der Waals surface area contributed by atoms with Crippen molar-refractivity contribution in [1.82, 2.24) is 0 Å². The number of hydrogen-bond donors (Lipinski definition) is 0. The molecule has 1 heterocycles. The molecule has 0 bridgehead atoms. The number of hydrogen-bond acceptors (Lipinski definition) is 3. The molecule has 0 aromatic rings. The van der Waals surface area contributed by atoms with Crippen molar-refractivity contribution in [3.63, 3.8) is 0 Å². The molecule has 1 atom stereocenters. The van der Waals surface area contributed by atoms with Gasteiger partial charge in [-0.1, -0.05) is 34.6 Å². The summed E-state index contributed by atoms with van der Waals surface area (Å²) in [5, 5.41) is 0. The van der Waals surface area contributed by atoms with Gasteiger partial charge in [0.15, 0.2) is 0 Å². The van der Waals surface area contributed by atoms with Gasteiger partial charge in [-0.3, -0.25) is 9.59 Å². The first-order valence-electron chi connectivity index (χ1n) is 5.90. The van der Waals surface area contributed by atoms with Crippen molar-refractivity contribution in [2.45, 2.75) is 47.5 Å². The van der Waals surface area contributed by atoms with Crippen LogP contribution in [-0.2, 0) is 14.3 Å². The van der Waals surface area contributed by atoms with Crippen LogP contribution in [0.4, 0.5) is 0 Å². The molecule has 0 aliphatic carbocycles. The van der Waals surface area contributed by atoms with Gasteiger partial charge in [0.1, 0.15) is 5.78 Å². The van der Waals surface area contributed by atoms with Gasteiger partial charge >= 0.3 is 5.97 Å². The normalized spacial score (nSPS) is 24.3. The number of esters is 1. The van der Waals surface area contributed by atoms with Crippen molar-refractivity contribution in [1.29, 1.82) is 0 Å². The summed E-state index contributed by atoms with van der Waals surface area (Å²) in [6, 6.07) is 0. The van der Waals surface area contributed by atoms with Gasteiger partial charge in [-0.15, -0.1) is 0 Å². The SMILES string of the molecule is CCC(C)(C)C(=O)CC1C(=O)OCC1(C)C. The second kappa shape index (κ2) is 4.19. The third-order valence-corrected chi connectivity index (χ3v) is 3.84. The van der Waals surface area contributed by atoms with Crippen molar-refractivity contribution in [2.24, 2.45) is 16.7 Å². The van der Waals surface area contributed by atoms with Crippen LogP contribution in [0.1, 0.15) is 47.5 Å². The second-order valence-electron chi connectivity index (χ2n) is 6.01. The number of ether oxygens (including phenoxy) is 1. The topological polar surface area (TPSA) is 43.4 Å². The average molecular weight is 226 g/mol. The van der Waals surface area contributed by atoms with Crippen LogP contribution >= 0.6 is 0 Å². The van der Waals surface area contributed by atoms with E-state index in [1.54, 1.807) is 0 Å². The largest absolute Gasteiger partial charge is 0.465 e. The van der Waals surface area contributed by atoms with Crippen LogP contribution in [0, 0.1) is 16.7 Å².